The molecule has 1 heterocycles. The molecule has 2 aromatic rings. The first-order valence-corrected chi connectivity index (χ1v) is 11.4. The van der Waals surface area contributed by atoms with Crippen LogP contribution in [0, 0.1) is 0 Å². The molecule has 0 aliphatic carbocycles. The Balaban J connectivity index is 1.38. The number of fused-ring (bicyclic) bond motifs is 1. The molecular formula is C27H31NO4. The van der Waals surface area contributed by atoms with Crippen LogP contribution in [0.3, 0.4) is 0 Å². The van der Waals surface area contributed by atoms with E-state index in [4.69, 9.17) is 4.74 Å². The summed E-state index contributed by atoms with van der Waals surface area (Å²) in [5.41, 5.74) is 3.31. The van der Waals surface area contributed by atoms with Gasteiger partial charge in [0.1, 0.15) is 6.61 Å². The fourth-order valence-electron chi connectivity index (χ4n) is 3.94. The maximum Gasteiger partial charge on any atom is 0.310 e. The molecule has 32 heavy (non-hydrogen) atoms. The first-order chi connectivity index (χ1) is 15.6. The molecule has 0 bridgehead atoms. The lowest BCUT2D eigenvalue weighted by Gasteiger charge is -2.08. The largest absolute Gasteiger partial charge is 0.461 e. The van der Waals surface area contributed by atoms with Gasteiger partial charge in [-0.05, 0) is 48.4 Å². The van der Waals surface area contributed by atoms with Gasteiger partial charge in [0.2, 0.25) is 0 Å². The summed E-state index contributed by atoms with van der Waals surface area (Å²) >= 11 is 0. The molecule has 3 rings (SSSR count). The lowest BCUT2D eigenvalue weighted by atomic mass is 10.0. The number of carbonyl (C=O) groups excluding carboxylic acids is 3. The third-order valence-corrected chi connectivity index (χ3v) is 5.73. The minimum Gasteiger partial charge on any atom is -0.461 e. The Hall–Kier alpha value is -3.21. The van der Waals surface area contributed by atoms with Gasteiger partial charge in [-0.25, -0.2) is 0 Å². The van der Waals surface area contributed by atoms with Crippen LogP contribution in [0.1, 0.15) is 82.4 Å². The highest BCUT2D eigenvalue weighted by Gasteiger charge is 2.29. The van der Waals surface area contributed by atoms with Crippen molar-refractivity contribution in [3.8, 4) is 0 Å². The first-order valence-electron chi connectivity index (χ1n) is 11.4. The van der Waals surface area contributed by atoms with Crippen molar-refractivity contribution in [3.63, 3.8) is 0 Å². The predicted molar refractivity (Wildman–Crippen MR) is 124 cm³/mol. The monoisotopic (exact) mass is 433 g/mol. The Morgan fingerprint density at radius 3 is 2.31 bits per heavy atom. The standard InChI is InChI=1S/C27H31NO4/c1-2-3-4-5-6-7-8-9-11-20-14-16-21(17-15-20)19-32-24(29)18-22-12-10-13-23-25(22)27(31)28-26(23)30/h2,10,12-17H,1,3-9,11,18-19H2,(H,28,30,31). The van der Waals surface area contributed by atoms with E-state index in [0.29, 0.717) is 11.1 Å². The first kappa shape index (κ1) is 23.5. The van der Waals surface area contributed by atoms with Crippen molar-refractivity contribution in [1.29, 1.82) is 0 Å². The van der Waals surface area contributed by atoms with Crippen molar-refractivity contribution < 1.29 is 19.1 Å². The van der Waals surface area contributed by atoms with Crippen molar-refractivity contribution in [2.45, 2.75) is 64.4 Å². The highest BCUT2D eigenvalue weighted by Crippen LogP contribution is 2.21. The zero-order valence-electron chi connectivity index (χ0n) is 18.5. The molecule has 0 unspecified atom stereocenters. The minimum atomic E-state index is -0.461. The number of amides is 2. The van der Waals surface area contributed by atoms with E-state index in [9.17, 15) is 14.4 Å². The fourth-order valence-corrected chi connectivity index (χ4v) is 3.94. The number of benzene rings is 2. The van der Waals surface area contributed by atoms with E-state index in [1.54, 1.807) is 18.2 Å². The van der Waals surface area contributed by atoms with E-state index in [1.165, 1.54) is 44.1 Å². The molecule has 1 aliphatic rings. The third-order valence-electron chi connectivity index (χ3n) is 5.73. The van der Waals surface area contributed by atoms with Gasteiger partial charge in [0, 0.05) is 0 Å². The van der Waals surface area contributed by atoms with E-state index in [-0.39, 0.29) is 18.6 Å². The Labute approximate surface area is 189 Å². The molecule has 5 nitrogen and oxygen atoms in total. The van der Waals surface area contributed by atoms with E-state index in [1.807, 2.05) is 18.2 Å². The van der Waals surface area contributed by atoms with Gasteiger partial charge in [0.25, 0.3) is 11.8 Å². The molecule has 0 atom stereocenters. The highest BCUT2D eigenvalue weighted by molar-refractivity contribution is 6.22. The average molecular weight is 434 g/mol. The number of esters is 1. The molecule has 0 saturated heterocycles. The van der Waals surface area contributed by atoms with Gasteiger partial charge in [-0.3, -0.25) is 19.7 Å². The number of hydrogen-bond donors (Lipinski definition) is 1. The third kappa shape index (κ3) is 6.64. The van der Waals surface area contributed by atoms with Gasteiger partial charge in [0.05, 0.1) is 17.5 Å². The number of ether oxygens (including phenoxy) is 1. The molecule has 2 amide bonds. The van der Waals surface area contributed by atoms with Crippen molar-refractivity contribution in [2.75, 3.05) is 0 Å². The zero-order valence-corrected chi connectivity index (χ0v) is 18.5. The van der Waals surface area contributed by atoms with Crippen LogP contribution in [-0.4, -0.2) is 17.8 Å². The van der Waals surface area contributed by atoms with Gasteiger partial charge in [-0.15, -0.1) is 6.58 Å². The van der Waals surface area contributed by atoms with E-state index in [0.717, 1.165) is 18.4 Å². The molecule has 0 saturated carbocycles. The van der Waals surface area contributed by atoms with Crippen LogP contribution in [0.25, 0.3) is 0 Å². The van der Waals surface area contributed by atoms with Gasteiger partial charge in [-0.2, -0.15) is 0 Å². The number of unbranched alkanes of at least 4 members (excludes halogenated alkanes) is 6. The van der Waals surface area contributed by atoms with Crippen LogP contribution in [0.15, 0.2) is 55.1 Å². The summed E-state index contributed by atoms with van der Waals surface area (Å²) in [7, 11) is 0. The smallest absolute Gasteiger partial charge is 0.310 e. The quantitative estimate of drug-likeness (QED) is 0.201. The summed E-state index contributed by atoms with van der Waals surface area (Å²) in [5, 5.41) is 2.26. The molecule has 2 aromatic carbocycles. The molecule has 0 fully saturated rings. The number of hydrogen-bond acceptors (Lipinski definition) is 4. The number of rotatable bonds is 13. The Bertz CT molecular complexity index is 962. The Morgan fingerprint density at radius 2 is 1.56 bits per heavy atom. The molecule has 0 aromatic heterocycles. The number of allylic oxidation sites excluding steroid dienone is 1. The number of carbonyl (C=O) groups is 3. The van der Waals surface area contributed by atoms with Gasteiger partial charge in [-0.1, -0.05) is 68.2 Å². The topological polar surface area (TPSA) is 72.5 Å². The Morgan fingerprint density at radius 1 is 0.875 bits per heavy atom. The maximum absolute atomic E-state index is 12.3. The summed E-state index contributed by atoms with van der Waals surface area (Å²) in [6, 6.07) is 13.1. The summed E-state index contributed by atoms with van der Waals surface area (Å²) in [4.78, 5) is 36.0. The van der Waals surface area contributed by atoms with Crippen LogP contribution in [0.2, 0.25) is 0 Å². The molecule has 0 spiro atoms. The van der Waals surface area contributed by atoms with Crippen LogP contribution in [-0.2, 0) is 29.0 Å². The normalized spacial score (nSPS) is 12.4. The summed E-state index contributed by atoms with van der Waals surface area (Å²) < 4.78 is 5.39. The van der Waals surface area contributed by atoms with E-state index >= 15 is 0 Å². The summed E-state index contributed by atoms with van der Waals surface area (Å²) in [6.07, 6.45) is 11.7. The maximum atomic E-state index is 12.3. The van der Waals surface area contributed by atoms with Crippen LogP contribution in [0.5, 0.6) is 0 Å². The van der Waals surface area contributed by atoms with Crippen molar-refractivity contribution in [2.24, 2.45) is 0 Å². The fraction of sp³-hybridized carbons (Fsp3) is 0.370. The SMILES string of the molecule is C=CCCCCCCCCc1ccc(COC(=O)Cc2cccc3c2C(=O)NC3=O)cc1. The van der Waals surface area contributed by atoms with Gasteiger partial charge in [0.15, 0.2) is 0 Å². The minimum absolute atomic E-state index is 0.0461. The summed E-state index contributed by atoms with van der Waals surface area (Å²) in [6.45, 7) is 3.94. The molecule has 1 N–H and O–H groups in total. The van der Waals surface area contributed by atoms with Gasteiger partial charge < -0.3 is 4.74 Å². The van der Waals surface area contributed by atoms with E-state index < -0.39 is 17.8 Å². The van der Waals surface area contributed by atoms with Crippen LogP contribution >= 0.6 is 0 Å². The molecule has 0 radical (unpaired) electrons. The van der Waals surface area contributed by atoms with Crippen LogP contribution in [0.4, 0.5) is 0 Å². The molecular weight excluding hydrogens is 402 g/mol. The number of imide groups is 1. The second-order valence-electron chi connectivity index (χ2n) is 8.23. The van der Waals surface area contributed by atoms with Gasteiger partial charge >= 0.3 is 5.97 Å². The Kier molecular flexibility index (Phi) is 8.79. The molecule has 168 valence electrons. The highest BCUT2D eigenvalue weighted by atomic mass is 16.5. The van der Waals surface area contributed by atoms with Crippen LogP contribution < -0.4 is 5.32 Å². The summed E-state index contributed by atoms with van der Waals surface area (Å²) in [5.74, 6) is -1.32. The lowest BCUT2D eigenvalue weighted by molar-refractivity contribution is -0.144. The second-order valence-corrected chi connectivity index (χ2v) is 8.23. The van der Waals surface area contributed by atoms with Crippen molar-refractivity contribution in [3.05, 3.63) is 82.9 Å². The number of nitrogens with one attached hydrogen (secondary N) is 1. The molecule has 1 aliphatic heterocycles. The number of aryl methyl sites for hydroxylation is 1. The van der Waals surface area contributed by atoms with Crippen molar-refractivity contribution in [1.82, 2.24) is 5.32 Å². The average Bonchev–Trinajstić information content (AvgIpc) is 3.09. The second kappa shape index (κ2) is 12.0. The van der Waals surface area contributed by atoms with Crippen molar-refractivity contribution >= 4 is 17.8 Å². The molecule has 5 heteroatoms. The predicted octanol–water partition coefficient (Wildman–Crippen LogP) is 5.32. The van der Waals surface area contributed by atoms with E-state index in [2.05, 4.69) is 24.0 Å². The lowest BCUT2D eigenvalue weighted by Crippen LogP contribution is -2.20. The zero-order chi connectivity index (χ0) is 22.8.